The van der Waals surface area contributed by atoms with Crippen molar-refractivity contribution in [3.05, 3.63) is 8.96 Å². The Morgan fingerprint density at radius 1 is 0.857 bits per heavy atom. The summed E-state index contributed by atoms with van der Waals surface area (Å²) < 4.78 is 0.594. The Balaban J connectivity index is 2.04. The summed E-state index contributed by atoms with van der Waals surface area (Å²) in [5, 5.41) is 8.50. The summed E-state index contributed by atoms with van der Waals surface area (Å²) in [5.74, 6) is -1.29. The Morgan fingerprint density at radius 3 is 1.76 bits per heavy atom. The summed E-state index contributed by atoms with van der Waals surface area (Å²) >= 11 is 6.19. The number of aliphatic carboxylic acids is 1. The number of nitrogens with zero attached hydrogens (tertiary/aromatic N) is 1. The van der Waals surface area contributed by atoms with Gasteiger partial charge in [0.15, 0.2) is 0 Å². The fourth-order valence-electron chi connectivity index (χ4n) is 2.15. The van der Waals surface area contributed by atoms with Crippen LogP contribution in [0.5, 0.6) is 0 Å². The number of carboxylic acid groups (broad SMARTS) is 1. The number of carboxylic acids is 1. The first-order valence-electron chi connectivity index (χ1n) is 7.08. The van der Waals surface area contributed by atoms with Gasteiger partial charge in [0, 0.05) is 13.0 Å². The molecule has 0 aromatic rings. The Morgan fingerprint density at radius 2 is 1.29 bits per heavy atom. The Bertz CT molecular complexity index is 424. The van der Waals surface area contributed by atoms with Crippen LogP contribution in [-0.4, -0.2) is 34.3 Å². The van der Waals surface area contributed by atoms with Crippen LogP contribution >= 0.6 is 31.9 Å². The molecule has 0 aliphatic carbocycles. The highest BCUT2D eigenvalue weighted by Crippen LogP contribution is 2.29. The van der Waals surface area contributed by atoms with Crippen molar-refractivity contribution in [3.63, 3.8) is 0 Å². The van der Waals surface area contributed by atoms with Crippen LogP contribution in [0, 0.1) is 0 Å². The van der Waals surface area contributed by atoms with Crippen LogP contribution in [-0.2, 0) is 14.4 Å². The first-order chi connectivity index (χ1) is 9.95. The zero-order valence-corrected chi connectivity index (χ0v) is 14.9. The number of halogens is 2. The van der Waals surface area contributed by atoms with Crippen molar-refractivity contribution in [1.82, 2.24) is 4.90 Å². The monoisotopic (exact) mass is 423 g/mol. The van der Waals surface area contributed by atoms with E-state index in [4.69, 9.17) is 5.11 Å². The zero-order chi connectivity index (χ0) is 15.8. The van der Waals surface area contributed by atoms with Crippen LogP contribution < -0.4 is 0 Å². The fraction of sp³-hybridized carbons (Fsp3) is 0.643. The normalized spacial score (nSPS) is 15.2. The van der Waals surface area contributed by atoms with Crippen LogP contribution in [0.25, 0.3) is 0 Å². The Labute approximate surface area is 141 Å². The maximum atomic E-state index is 11.7. The average molecular weight is 425 g/mol. The molecule has 0 fully saturated rings. The molecule has 1 N–H and O–H groups in total. The van der Waals surface area contributed by atoms with Gasteiger partial charge in [-0.3, -0.25) is 19.3 Å². The third kappa shape index (κ3) is 5.90. The van der Waals surface area contributed by atoms with Crippen LogP contribution in [0.4, 0.5) is 0 Å². The van der Waals surface area contributed by atoms with Gasteiger partial charge in [0.2, 0.25) is 0 Å². The molecular weight excluding hydrogens is 406 g/mol. The lowest BCUT2D eigenvalue weighted by molar-refractivity contribution is -0.138. The predicted octanol–water partition coefficient (Wildman–Crippen LogP) is 3.56. The second-order valence-corrected chi connectivity index (χ2v) is 6.59. The number of hydrogen-bond donors (Lipinski definition) is 1. The van der Waals surface area contributed by atoms with Crippen LogP contribution in [0.1, 0.15) is 51.4 Å². The molecule has 1 aliphatic heterocycles. The van der Waals surface area contributed by atoms with Gasteiger partial charge < -0.3 is 5.11 Å². The minimum atomic E-state index is -0.735. The number of carbonyl (C=O) groups is 3. The molecule has 0 unspecified atom stereocenters. The van der Waals surface area contributed by atoms with Crippen molar-refractivity contribution in [3.8, 4) is 0 Å². The highest BCUT2D eigenvalue weighted by atomic mass is 79.9. The SMILES string of the molecule is O=C(O)CCCCCCCCCN1C(=O)C(Br)=C(Br)C1=O. The molecule has 118 valence electrons. The van der Waals surface area contributed by atoms with E-state index >= 15 is 0 Å². The maximum absolute atomic E-state index is 11.7. The second-order valence-electron chi connectivity index (χ2n) is 5.01. The van der Waals surface area contributed by atoms with Gasteiger partial charge in [-0.1, -0.05) is 32.1 Å². The molecule has 0 aromatic carbocycles. The van der Waals surface area contributed by atoms with Crippen molar-refractivity contribution < 1.29 is 19.5 Å². The van der Waals surface area contributed by atoms with E-state index < -0.39 is 5.97 Å². The zero-order valence-electron chi connectivity index (χ0n) is 11.7. The largest absolute Gasteiger partial charge is 0.481 e. The maximum Gasteiger partial charge on any atom is 0.303 e. The third-order valence-corrected chi connectivity index (χ3v) is 5.33. The van der Waals surface area contributed by atoms with E-state index in [1.807, 2.05) is 0 Å². The van der Waals surface area contributed by atoms with Gasteiger partial charge >= 0.3 is 5.97 Å². The molecule has 1 heterocycles. The average Bonchev–Trinajstić information content (AvgIpc) is 2.62. The molecule has 0 saturated carbocycles. The van der Waals surface area contributed by atoms with E-state index in [1.165, 1.54) is 4.90 Å². The van der Waals surface area contributed by atoms with E-state index in [2.05, 4.69) is 31.9 Å². The molecule has 1 rings (SSSR count). The first-order valence-corrected chi connectivity index (χ1v) is 8.67. The third-order valence-electron chi connectivity index (χ3n) is 3.33. The summed E-state index contributed by atoms with van der Waals surface area (Å²) in [6, 6.07) is 0. The van der Waals surface area contributed by atoms with Crippen molar-refractivity contribution >= 4 is 49.6 Å². The summed E-state index contributed by atoms with van der Waals surface area (Å²) in [6.45, 7) is 0.445. The second kappa shape index (κ2) is 9.35. The van der Waals surface area contributed by atoms with E-state index in [0.29, 0.717) is 15.5 Å². The summed E-state index contributed by atoms with van der Waals surface area (Å²) in [5.41, 5.74) is 0. The molecule has 0 spiro atoms. The lowest BCUT2D eigenvalue weighted by Gasteiger charge is -2.13. The predicted molar refractivity (Wildman–Crippen MR) is 86.2 cm³/mol. The molecule has 7 heteroatoms. The Hall–Kier alpha value is -0.690. The van der Waals surface area contributed by atoms with Gasteiger partial charge in [-0.05, 0) is 44.7 Å². The topological polar surface area (TPSA) is 74.7 Å². The van der Waals surface area contributed by atoms with Crippen molar-refractivity contribution in [2.24, 2.45) is 0 Å². The van der Waals surface area contributed by atoms with Gasteiger partial charge in [-0.15, -0.1) is 0 Å². The standard InChI is InChI=1S/C14H19Br2NO4/c15-11-12(16)14(21)17(13(11)20)9-7-5-3-1-2-4-6-8-10(18)19/h1-9H2,(H,18,19). The minimum absolute atomic E-state index is 0.246. The fourth-order valence-corrected chi connectivity index (χ4v) is 2.92. The van der Waals surface area contributed by atoms with Gasteiger partial charge in [-0.25, -0.2) is 0 Å². The molecule has 2 amide bonds. The van der Waals surface area contributed by atoms with Crippen LogP contribution in [0.3, 0.4) is 0 Å². The van der Waals surface area contributed by atoms with Crippen LogP contribution in [0.15, 0.2) is 8.96 Å². The smallest absolute Gasteiger partial charge is 0.303 e. The lowest BCUT2D eigenvalue weighted by Crippen LogP contribution is -2.32. The van der Waals surface area contributed by atoms with Gasteiger partial charge in [0.1, 0.15) is 8.96 Å². The number of amides is 2. The van der Waals surface area contributed by atoms with E-state index in [-0.39, 0.29) is 18.2 Å². The minimum Gasteiger partial charge on any atom is -0.481 e. The number of carbonyl (C=O) groups excluding carboxylic acids is 2. The van der Waals surface area contributed by atoms with Crippen molar-refractivity contribution in [2.45, 2.75) is 51.4 Å². The van der Waals surface area contributed by atoms with Crippen LogP contribution in [0.2, 0.25) is 0 Å². The summed E-state index contributed by atoms with van der Waals surface area (Å²) in [4.78, 5) is 35.1. The molecule has 0 radical (unpaired) electrons. The highest BCUT2D eigenvalue weighted by Gasteiger charge is 2.35. The summed E-state index contributed by atoms with van der Waals surface area (Å²) in [6.07, 6.45) is 6.83. The molecule has 21 heavy (non-hydrogen) atoms. The Kier molecular flexibility index (Phi) is 8.18. The lowest BCUT2D eigenvalue weighted by atomic mass is 10.1. The molecule has 0 aromatic heterocycles. The van der Waals surface area contributed by atoms with Crippen molar-refractivity contribution in [2.75, 3.05) is 6.54 Å². The van der Waals surface area contributed by atoms with E-state index in [9.17, 15) is 14.4 Å². The van der Waals surface area contributed by atoms with E-state index in [1.54, 1.807) is 0 Å². The number of imide groups is 1. The number of hydrogen-bond acceptors (Lipinski definition) is 3. The van der Waals surface area contributed by atoms with Gasteiger partial charge in [-0.2, -0.15) is 0 Å². The molecule has 0 saturated heterocycles. The molecule has 0 atom stereocenters. The van der Waals surface area contributed by atoms with Crippen molar-refractivity contribution in [1.29, 1.82) is 0 Å². The molecule has 1 aliphatic rings. The highest BCUT2D eigenvalue weighted by molar-refractivity contribution is 9.14. The summed E-state index contributed by atoms with van der Waals surface area (Å²) in [7, 11) is 0. The quantitative estimate of drug-likeness (QED) is 0.429. The first kappa shape index (κ1) is 18.4. The number of rotatable bonds is 10. The molecule has 5 nitrogen and oxygen atoms in total. The number of unbranched alkanes of at least 4 members (excludes halogenated alkanes) is 6. The van der Waals surface area contributed by atoms with Gasteiger partial charge in [0.05, 0.1) is 0 Å². The van der Waals surface area contributed by atoms with Gasteiger partial charge in [0.25, 0.3) is 11.8 Å². The molecular formula is C14H19Br2NO4. The van der Waals surface area contributed by atoms with E-state index in [0.717, 1.165) is 44.9 Å². The molecule has 0 bridgehead atoms.